The second-order valence-corrected chi connectivity index (χ2v) is 13.8. The van der Waals surface area contributed by atoms with Gasteiger partial charge in [-0.25, -0.2) is 0 Å². The van der Waals surface area contributed by atoms with E-state index in [4.69, 9.17) is 9.15 Å². The molecule has 0 saturated heterocycles. The van der Waals surface area contributed by atoms with Crippen LogP contribution < -0.4 is 5.09 Å². The summed E-state index contributed by atoms with van der Waals surface area (Å²) in [5.74, 6) is 0.658. The summed E-state index contributed by atoms with van der Waals surface area (Å²) in [5.41, 5.74) is 3.33. The third kappa shape index (κ3) is 8.71. The van der Waals surface area contributed by atoms with Crippen LogP contribution in [0.15, 0.2) is 58.7 Å². The Kier molecular flexibility index (Phi) is 10.4. The monoisotopic (exact) mass is 521 g/mol. The fourth-order valence-electron chi connectivity index (χ4n) is 3.79. The van der Waals surface area contributed by atoms with Gasteiger partial charge in [-0.3, -0.25) is 19.2 Å². The summed E-state index contributed by atoms with van der Waals surface area (Å²) in [4.78, 5) is 22.8. The highest BCUT2D eigenvalue weighted by Gasteiger charge is 2.61. The van der Waals surface area contributed by atoms with Crippen molar-refractivity contribution in [2.45, 2.75) is 47.6 Å². The SMILES string of the molecule is CC(C)=C[C@@H]1[C@@H](C(=O)OCc2coc(Cc3ccccc3)c2)C1(C)C.COP(=O)(NC(C)=O)SC. The molecule has 1 heterocycles. The van der Waals surface area contributed by atoms with E-state index >= 15 is 0 Å². The van der Waals surface area contributed by atoms with E-state index in [9.17, 15) is 14.2 Å². The zero-order chi connectivity index (χ0) is 26.2. The van der Waals surface area contributed by atoms with Gasteiger partial charge in [0.25, 0.3) is 0 Å². The maximum atomic E-state index is 12.4. The first-order chi connectivity index (χ1) is 16.4. The van der Waals surface area contributed by atoms with Crippen LogP contribution in [0.1, 0.15) is 51.5 Å². The molecule has 1 N–H and O–H groups in total. The zero-order valence-electron chi connectivity index (χ0n) is 21.5. The van der Waals surface area contributed by atoms with E-state index in [0.717, 1.165) is 29.1 Å². The van der Waals surface area contributed by atoms with Gasteiger partial charge in [-0.15, -0.1) is 0 Å². The minimum atomic E-state index is -2.92. The molecular formula is C26H36NO6PS. The quantitative estimate of drug-likeness (QED) is 0.232. The molecule has 0 aliphatic heterocycles. The van der Waals surface area contributed by atoms with Gasteiger partial charge in [-0.2, -0.15) is 0 Å². The lowest BCUT2D eigenvalue weighted by molar-refractivity contribution is -0.147. The Morgan fingerprint density at radius 3 is 2.34 bits per heavy atom. The topological polar surface area (TPSA) is 94.8 Å². The van der Waals surface area contributed by atoms with E-state index in [1.165, 1.54) is 25.2 Å². The molecule has 1 aromatic heterocycles. The van der Waals surface area contributed by atoms with Crippen LogP contribution in [-0.4, -0.2) is 25.2 Å². The predicted octanol–water partition coefficient (Wildman–Crippen LogP) is 6.39. The van der Waals surface area contributed by atoms with Crippen molar-refractivity contribution in [1.29, 1.82) is 0 Å². The number of carbonyl (C=O) groups is 2. The highest BCUT2D eigenvalue weighted by atomic mass is 32.7. The molecule has 0 radical (unpaired) electrons. The summed E-state index contributed by atoms with van der Waals surface area (Å²) >= 11 is 1.00. The standard InChI is InChI=1S/C22H26O3.C4H10NO3PS/c1-15(2)10-19-20(22(19,3)4)21(23)25-14-17-12-18(24-13-17)11-16-8-6-5-7-9-16;1-4(6)5-9(7,8-2)10-3/h5-10,12-13,19-20H,11,14H2,1-4H3;1-3H3,(H,5,6,7)/t19-,20+;/m1./s1. The molecule has 1 aromatic carbocycles. The van der Waals surface area contributed by atoms with Crippen LogP contribution in [-0.2, 0) is 36.4 Å². The first-order valence-electron chi connectivity index (χ1n) is 11.3. The Labute approximate surface area is 212 Å². The molecule has 1 aliphatic rings. The molecular weight excluding hydrogens is 485 g/mol. The van der Waals surface area contributed by atoms with Gasteiger partial charge in [0.15, 0.2) is 0 Å². The van der Waals surface area contributed by atoms with E-state index in [-0.39, 0.29) is 35.7 Å². The van der Waals surface area contributed by atoms with Crippen LogP contribution >= 0.6 is 18.1 Å². The Morgan fingerprint density at radius 1 is 1.17 bits per heavy atom. The predicted molar refractivity (Wildman–Crippen MR) is 140 cm³/mol. The van der Waals surface area contributed by atoms with Crippen LogP contribution in [0.3, 0.4) is 0 Å². The fraction of sp³-hybridized carbons (Fsp3) is 0.462. The molecule has 1 amide bonds. The third-order valence-corrected chi connectivity index (χ3v) is 9.48. The molecule has 1 aliphatic carbocycles. The van der Waals surface area contributed by atoms with Crippen LogP contribution in [0.5, 0.6) is 0 Å². The summed E-state index contributed by atoms with van der Waals surface area (Å²) in [7, 11) is 1.30. The maximum absolute atomic E-state index is 12.4. The molecule has 3 atom stereocenters. The van der Waals surface area contributed by atoms with Gasteiger partial charge in [-0.1, -0.05) is 67.2 Å². The Morgan fingerprint density at radius 2 is 1.83 bits per heavy atom. The number of carbonyl (C=O) groups excluding carboxylic acids is 2. The molecule has 3 rings (SSSR count). The lowest BCUT2D eigenvalue weighted by Crippen LogP contribution is -2.15. The molecule has 1 fully saturated rings. The summed E-state index contributed by atoms with van der Waals surface area (Å²) in [6.07, 6.45) is 6.21. The number of ether oxygens (including phenoxy) is 1. The molecule has 1 unspecified atom stereocenters. The number of esters is 1. The fourth-order valence-corrected chi connectivity index (χ4v) is 5.62. The molecule has 192 valence electrons. The molecule has 7 nitrogen and oxygen atoms in total. The minimum Gasteiger partial charge on any atom is -0.469 e. The molecule has 35 heavy (non-hydrogen) atoms. The van der Waals surface area contributed by atoms with Crippen molar-refractivity contribution in [2.24, 2.45) is 17.3 Å². The summed E-state index contributed by atoms with van der Waals surface area (Å²) in [5, 5.41) is 2.21. The van der Waals surface area contributed by atoms with E-state index in [1.54, 1.807) is 12.5 Å². The van der Waals surface area contributed by atoms with Gasteiger partial charge in [0.1, 0.15) is 12.4 Å². The van der Waals surface area contributed by atoms with E-state index in [0.29, 0.717) is 0 Å². The van der Waals surface area contributed by atoms with Crippen LogP contribution in [0.4, 0.5) is 0 Å². The van der Waals surface area contributed by atoms with Crippen molar-refractivity contribution in [3.8, 4) is 0 Å². The second kappa shape index (κ2) is 12.6. The second-order valence-electron chi connectivity index (χ2n) is 9.29. The molecule has 0 spiro atoms. The Balaban J connectivity index is 0.000000367. The molecule has 9 heteroatoms. The van der Waals surface area contributed by atoms with Crippen molar-refractivity contribution in [3.63, 3.8) is 0 Å². The Bertz CT molecular complexity index is 1070. The lowest BCUT2D eigenvalue weighted by Gasteiger charge is -2.11. The zero-order valence-corrected chi connectivity index (χ0v) is 23.2. The van der Waals surface area contributed by atoms with Gasteiger partial charge < -0.3 is 13.7 Å². The largest absolute Gasteiger partial charge is 0.469 e. The van der Waals surface area contributed by atoms with Crippen LogP contribution in [0.25, 0.3) is 0 Å². The first-order valence-corrected chi connectivity index (χ1v) is 14.8. The number of hydrogen-bond acceptors (Lipinski definition) is 7. The number of nitrogens with one attached hydrogen (secondary N) is 1. The lowest BCUT2D eigenvalue weighted by atomic mass is 10.1. The number of rotatable bonds is 9. The van der Waals surface area contributed by atoms with Crippen molar-refractivity contribution in [3.05, 3.63) is 71.2 Å². The summed E-state index contributed by atoms with van der Waals surface area (Å²) in [6.45, 7) is 7.02. The Hall–Kier alpha value is -2.28. The average Bonchev–Trinajstić information content (AvgIpc) is 3.09. The number of allylic oxidation sites excluding steroid dienone is 2. The van der Waals surface area contributed by atoms with Crippen molar-refractivity contribution in [2.75, 3.05) is 13.4 Å². The minimum absolute atomic E-state index is 0.0107. The van der Waals surface area contributed by atoms with Crippen molar-refractivity contribution < 1.29 is 27.8 Å². The van der Waals surface area contributed by atoms with Crippen molar-refractivity contribution >= 4 is 30.0 Å². The number of hydrogen-bond donors (Lipinski definition) is 1. The molecule has 0 bridgehead atoms. The van der Waals surface area contributed by atoms with E-state index in [1.807, 2.05) is 24.3 Å². The van der Waals surface area contributed by atoms with Crippen LogP contribution in [0.2, 0.25) is 0 Å². The number of amides is 1. The van der Waals surface area contributed by atoms with Gasteiger partial charge in [0.05, 0.1) is 12.2 Å². The van der Waals surface area contributed by atoms with Gasteiger partial charge in [-0.05, 0) is 43.1 Å². The number of benzene rings is 1. The highest BCUT2D eigenvalue weighted by molar-refractivity contribution is 8.55. The molecule has 1 saturated carbocycles. The summed E-state index contributed by atoms with van der Waals surface area (Å²) < 4.78 is 26.9. The first kappa shape index (κ1) is 29.0. The summed E-state index contributed by atoms with van der Waals surface area (Å²) in [6, 6.07) is 12.1. The average molecular weight is 522 g/mol. The van der Waals surface area contributed by atoms with Gasteiger partial charge >= 0.3 is 12.7 Å². The highest BCUT2D eigenvalue weighted by Crippen LogP contribution is 2.59. The smallest absolute Gasteiger partial charge is 0.352 e. The van der Waals surface area contributed by atoms with Gasteiger partial charge in [0.2, 0.25) is 5.91 Å². The van der Waals surface area contributed by atoms with Crippen LogP contribution in [0, 0.1) is 17.3 Å². The number of furan rings is 1. The third-order valence-electron chi connectivity index (χ3n) is 5.76. The van der Waals surface area contributed by atoms with E-state index < -0.39 is 6.72 Å². The van der Waals surface area contributed by atoms with Crippen molar-refractivity contribution in [1.82, 2.24) is 5.09 Å². The molecule has 2 aromatic rings. The van der Waals surface area contributed by atoms with E-state index in [2.05, 4.69) is 55.5 Å². The maximum Gasteiger partial charge on any atom is 0.352 e. The van der Waals surface area contributed by atoms with Gasteiger partial charge in [0, 0.05) is 26.0 Å². The normalized spacial score (nSPS) is 19.4.